The number of hydrogen-bond acceptors (Lipinski definition) is 5. The molecule has 2 rings (SSSR count). The quantitative estimate of drug-likeness (QED) is 0.681. The summed E-state index contributed by atoms with van der Waals surface area (Å²) in [6.45, 7) is 4.74. The number of thioether (sulfide) groups is 1. The van der Waals surface area contributed by atoms with Gasteiger partial charge in [-0.05, 0) is 38.2 Å². The Bertz CT molecular complexity index is 395. The van der Waals surface area contributed by atoms with Crippen LogP contribution in [-0.4, -0.2) is 77.9 Å². The predicted molar refractivity (Wildman–Crippen MR) is 89.8 cm³/mol. The Morgan fingerprint density at radius 1 is 1.27 bits per heavy atom. The lowest BCUT2D eigenvalue weighted by Gasteiger charge is -2.38. The van der Waals surface area contributed by atoms with Crippen molar-refractivity contribution in [3.05, 3.63) is 0 Å². The molecular formula is C15H28N4O2S. The molecule has 1 aliphatic heterocycles. The van der Waals surface area contributed by atoms with Gasteiger partial charge >= 0.3 is 0 Å². The highest BCUT2D eigenvalue weighted by Crippen LogP contribution is 2.19. The summed E-state index contributed by atoms with van der Waals surface area (Å²) in [6, 6.07) is -0.121. The van der Waals surface area contributed by atoms with E-state index in [0.717, 1.165) is 38.1 Å². The van der Waals surface area contributed by atoms with Crippen molar-refractivity contribution in [3.8, 4) is 0 Å². The zero-order valence-corrected chi connectivity index (χ0v) is 14.4. The lowest BCUT2D eigenvalue weighted by atomic mass is 10.1. The van der Waals surface area contributed by atoms with Crippen LogP contribution in [0.3, 0.4) is 0 Å². The molecule has 22 heavy (non-hydrogen) atoms. The molecule has 0 spiro atoms. The second kappa shape index (κ2) is 8.17. The zero-order chi connectivity index (χ0) is 16.1. The van der Waals surface area contributed by atoms with Crippen molar-refractivity contribution < 1.29 is 9.59 Å². The maximum atomic E-state index is 12.3. The van der Waals surface area contributed by atoms with Crippen LogP contribution >= 0.6 is 11.8 Å². The third kappa shape index (κ3) is 4.86. The fraction of sp³-hybridized carbons (Fsp3) is 0.867. The molecule has 0 bridgehead atoms. The van der Waals surface area contributed by atoms with Gasteiger partial charge in [0.05, 0.1) is 12.1 Å². The Kier molecular flexibility index (Phi) is 6.52. The van der Waals surface area contributed by atoms with Crippen LogP contribution in [0, 0.1) is 0 Å². The summed E-state index contributed by atoms with van der Waals surface area (Å²) in [7, 11) is 0. The van der Waals surface area contributed by atoms with Crippen LogP contribution in [0.15, 0.2) is 0 Å². The number of carbonyl (C=O) groups excluding carboxylic acids is 2. The van der Waals surface area contributed by atoms with Gasteiger partial charge in [-0.3, -0.25) is 14.5 Å². The molecule has 2 fully saturated rings. The molecule has 1 heterocycles. The van der Waals surface area contributed by atoms with Crippen LogP contribution in [0.2, 0.25) is 0 Å². The average Bonchev–Trinajstić information content (AvgIpc) is 3.35. The number of rotatable bonds is 7. The van der Waals surface area contributed by atoms with Crippen molar-refractivity contribution >= 4 is 23.6 Å². The normalized spacial score (nSPS) is 22.2. The Hall–Kier alpha value is -0.790. The van der Waals surface area contributed by atoms with E-state index >= 15 is 0 Å². The standard InChI is InChI=1S/C15H28N4O2S/c1-11(14(20)17-12-3-4-12)18-6-8-19(9-7-18)15(21)13(16)5-10-22-2/h11-13H,3-10,16H2,1-2H3,(H,17,20)/t11?,13-/m0/s1. The van der Waals surface area contributed by atoms with Crippen molar-refractivity contribution in [2.45, 2.75) is 44.3 Å². The number of nitrogens with two attached hydrogens (primary N) is 1. The first-order valence-corrected chi connectivity index (χ1v) is 9.50. The minimum Gasteiger partial charge on any atom is -0.352 e. The number of carbonyl (C=O) groups is 2. The predicted octanol–water partition coefficient (Wildman–Crippen LogP) is -0.122. The highest BCUT2D eigenvalue weighted by Gasteiger charge is 2.31. The van der Waals surface area contributed by atoms with E-state index < -0.39 is 6.04 Å². The van der Waals surface area contributed by atoms with Crippen molar-refractivity contribution in [1.29, 1.82) is 0 Å². The van der Waals surface area contributed by atoms with Crippen molar-refractivity contribution in [2.75, 3.05) is 38.2 Å². The van der Waals surface area contributed by atoms with Crippen molar-refractivity contribution in [1.82, 2.24) is 15.1 Å². The first-order valence-electron chi connectivity index (χ1n) is 8.10. The monoisotopic (exact) mass is 328 g/mol. The van der Waals surface area contributed by atoms with E-state index in [1.165, 1.54) is 0 Å². The number of nitrogens with one attached hydrogen (secondary N) is 1. The zero-order valence-electron chi connectivity index (χ0n) is 13.6. The molecule has 0 aromatic rings. The fourth-order valence-electron chi connectivity index (χ4n) is 2.65. The third-order valence-electron chi connectivity index (χ3n) is 4.43. The largest absolute Gasteiger partial charge is 0.352 e. The van der Waals surface area contributed by atoms with Crippen LogP contribution in [0.5, 0.6) is 0 Å². The Balaban J connectivity index is 1.74. The van der Waals surface area contributed by atoms with Crippen LogP contribution in [0.25, 0.3) is 0 Å². The van der Waals surface area contributed by atoms with E-state index in [-0.39, 0.29) is 17.9 Å². The van der Waals surface area contributed by atoms with Crippen LogP contribution in [0.4, 0.5) is 0 Å². The highest BCUT2D eigenvalue weighted by molar-refractivity contribution is 7.98. The van der Waals surface area contributed by atoms with Gasteiger partial charge in [0.1, 0.15) is 0 Å². The lowest BCUT2D eigenvalue weighted by molar-refractivity contribution is -0.135. The maximum Gasteiger partial charge on any atom is 0.239 e. The minimum absolute atomic E-state index is 0.0452. The molecule has 0 aromatic carbocycles. The van der Waals surface area contributed by atoms with Gasteiger partial charge in [0.25, 0.3) is 0 Å². The molecule has 2 amide bonds. The molecular weight excluding hydrogens is 300 g/mol. The molecule has 1 aliphatic carbocycles. The first-order chi connectivity index (χ1) is 10.5. The Morgan fingerprint density at radius 2 is 1.91 bits per heavy atom. The summed E-state index contributed by atoms with van der Waals surface area (Å²) in [5, 5.41) is 3.04. The number of piperazine rings is 1. The first kappa shape index (κ1) is 17.6. The average molecular weight is 328 g/mol. The van der Waals surface area contributed by atoms with E-state index in [1.54, 1.807) is 11.8 Å². The van der Waals surface area contributed by atoms with Crippen LogP contribution in [0.1, 0.15) is 26.2 Å². The van der Waals surface area contributed by atoms with E-state index in [2.05, 4.69) is 10.2 Å². The molecule has 3 N–H and O–H groups in total. The molecule has 1 saturated heterocycles. The van der Waals surface area contributed by atoms with Gasteiger partial charge in [0, 0.05) is 32.2 Å². The van der Waals surface area contributed by atoms with Gasteiger partial charge in [-0.1, -0.05) is 0 Å². The summed E-state index contributed by atoms with van der Waals surface area (Å²) < 4.78 is 0. The van der Waals surface area contributed by atoms with Gasteiger partial charge in [0.2, 0.25) is 11.8 Å². The van der Waals surface area contributed by atoms with Gasteiger partial charge in [0.15, 0.2) is 0 Å². The molecule has 6 nitrogen and oxygen atoms in total. The SMILES string of the molecule is CSCC[C@H](N)C(=O)N1CCN(C(C)C(=O)NC2CC2)CC1. The molecule has 7 heteroatoms. The van der Waals surface area contributed by atoms with E-state index in [4.69, 9.17) is 5.73 Å². The molecule has 2 atom stereocenters. The smallest absolute Gasteiger partial charge is 0.239 e. The number of nitrogens with zero attached hydrogens (tertiary/aromatic N) is 2. The summed E-state index contributed by atoms with van der Waals surface area (Å²) in [5.74, 6) is 1.06. The third-order valence-corrected chi connectivity index (χ3v) is 5.07. The summed E-state index contributed by atoms with van der Waals surface area (Å²) in [5.41, 5.74) is 5.96. The van der Waals surface area contributed by atoms with Crippen LogP contribution in [-0.2, 0) is 9.59 Å². The van der Waals surface area contributed by atoms with Crippen LogP contribution < -0.4 is 11.1 Å². The van der Waals surface area contributed by atoms with Gasteiger partial charge < -0.3 is 16.0 Å². The topological polar surface area (TPSA) is 78.7 Å². The second-order valence-electron chi connectivity index (χ2n) is 6.21. The number of hydrogen-bond donors (Lipinski definition) is 2. The highest BCUT2D eigenvalue weighted by atomic mass is 32.2. The lowest BCUT2D eigenvalue weighted by Crippen LogP contribution is -2.57. The molecule has 1 saturated carbocycles. The Labute approximate surface area is 137 Å². The van der Waals surface area contributed by atoms with E-state index in [0.29, 0.717) is 19.1 Å². The number of amides is 2. The van der Waals surface area contributed by atoms with E-state index in [1.807, 2.05) is 18.1 Å². The molecule has 1 unspecified atom stereocenters. The maximum absolute atomic E-state index is 12.3. The van der Waals surface area contributed by atoms with Gasteiger partial charge in [-0.15, -0.1) is 0 Å². The summed E-state index contributed by atoms with van der Waals surface area (Å²) in [6.07, 6.45) is 4.95. The van der Waals surface area contributed by atoms with Gasteiger partial charge in [-0.2, -0.15) is 11.8 Å². The minimum atomic E-state index is -0.394. The fourth-order valence-corrected chi connectivity index (χ4v) is 3.14. The Morgan fingerprint density at radius 3 is 2.45 bits per heavy atom. The molecule has 0 aromatic heterocycles. The second-order valence-corrected chi connectivity index (χ2v) is 7.19. The summed E-state index contributed by atoms with van der Waals surface area (Å²) >= 11 is 1.71. The van der Waals surface area contributed by atoms with Gasteiger partial charge in [-0.25, -0.2) is 0 Å². The molecule has 0 radical (unpaired) electrons. The van der Waals surface area contributed by atoms with Crippen molar-refractivity contribution in [2.24, 2.45) is 5.73 Å². The molecule has 2 aliphatic rings. The summed E-state index contributed by atoms with van der Waals surface area (Å²) in [4.78, 5) is 28.3. The molecule has 126 valence electrons. The van der Waals surface area contributed by atoms with Crippen molar-refractivity contribution in [3.63, 3.8) is 0 Å². The van der Waals surface area contributed by atoms with E-state index in [9.17, 15) is 9.59 Å².